The molecule has 0 aliphatic rings. The Morgan fingerprint density at radius 3 is 2.81 bits per heavy atom. The van der Waals surface area contributed by atoms with E-state index in [1.165, 1.54) is 5.56 Å². The van der Waals surface area contributed by atoms with Gasteiger partial charge in [-0.2, -0.15) is 0 Å². The molecule has 7 heteroatoms. The molecule has 0 saturated carbocycles. The van der Waals surface area contributed by atoms with Gasteiger partial charge < -0.3 is 8.82 Å². The van der Waals surface area contributed by atoms with Gasteiger partial charge in [0.2, 0.25) is 0 Å². The second-order valence-corrected chi connectivity index (χ2v) is 7.67. The highest BCUT2D eigenvalue weighted by atomic mass is 32.2. The topological polar surface area (TPSA) is 61.1 Å². The van der Waals surface area contributed by atoms with Gasteiger partial charge in [0.15, 0.2) is 16.7 Å². The first-order chi connectivity index (χ1) is 12.6. The first-order valence-electron chi connectivity index (χ1n) is 8.65. The second kappa shape index (κ2) is 6.99. The summed E-state index contributed by atoms with van der Waals surface area (Å²) in [6.45, 7) is 7.29. The fourth-order valence-electron chi connectivity index (χ4n) is 2.93. The van der Waals surface area contributed by atoms with Crippen molar-refractivity contribution in [1.82, 2.24) is 24.1 Å². The maximum atomic E-state index is 5.52. The average Bonchev–Trinajstić information content (AvgIpc) is 3.32. The van der Waals surface area contributed by atoms with Crippen LogP contribution in [-0.2, 0) is 12.3 Å². The van der Waals surface area contributed by atoms with E-state index in [2.05, 4.69) is 52.2 Å². The van der Waals surface area contributed by atoms with Crippen molar-refractivity contribution in [2.75, 3.05) is 0 Å². The Kier molecular flexibility index (Phi) is 4.55. The standard InChI is InChI=1S/C19H21N5OS/c1-13(2)10-24-18(16-7-5-9-25-16)21-22-19(24)26-12-15-11-23-8-4-6-14(3)17(23)20-15/h4-9,11,13H,10,12H2,1-3H3. The molecule has 26 heavy (non-hydrogen) atoms. The molecule has 0 spiro atoms. The van der Waals surface area contributed by atoms with Crippen LogP contribution in [0, 0.1) is 12.8 Å². The molecule has 0 saturated heterocycles. The van der Waals surface area contributed by atoms with Crippen molar-refractivity contribution in [1.29, 1.82) is 0 Å². The maximum absolute atomic E-state index is 5.52. The van der Waals surface area contributed by atoms with Gasteiger partial charge in [-0.05, 0) is 36.6 Å². The van der Waals surface area contributed by atoms with Gasteiger partial charge in [0, 0.05) is 24.7 Å². The van der Waals surface area contributed by atoms with Crippen molar-refractivity contribution in [2.24, 2.45) is 5.92 Å². The van der Waals surface area contributed by atoms with Crippen LogP contribution in [0.4, 0.5) is 0 Å². The van der Waals surface area contributed by atoms with Gasteiger partial charge in [-0.3, -0.25) is 4.57 Å². The van der Waals surface area contributed by atoms with E-state index in [9.17, 15) is 0 Å². The summed E-state index contributed by atoms with van der Waals surface area (Å²) in [5.41, 5.74) is 3.21. The van der Waals surface area contributed by atoms with Crippen molar-refractivity contribution >= 4 is 17.4 Å². The number of pyridine rings is 1. The van der Waals surface area contributed by atoms with E-state index in [1.54, 1.807) is 18.0 Å². The molecular formula is C19H21N5OS. The lowest BCUT2D eigenvalue weighted by atomic mass is 10.2. The summed E-state index contributed by atoms with van der Waals surface area (Å²) in [5.74, 6) is 2.75. The van der Waals surface area contributed by atoms with Gasteiger partial charge in [-0.15, -0.1) is 10.2 Å². The van der Waals surface area contributed by atoms with E-state index in [-0.39, 0.29) is 0 Å². The molecule has 4 aromatic rings. The number of rotatable bonds is 6. The van der Waals surface area contributed by atoms with Crippen LogP contribution in [0.15, 0.2) is 52.5 Å². The smallest absolute Gasteiger partial charge is 0.200 e. The van der Waals surface area contributed by atoms with Crippen LogP contribution in [0.25, 0.3) is 17.2 Å². The first kappa shape index (κ1) is 16.9. The van der Waals surface area contributed by atoms with Crippen molar-refractivity contribution in [3.63, 3.8) is 0 Å². The lowest BCUT2D eigenvalue weighted by Gasteiger charge is -2.11. The molecule has 4 aromatic heterocycles. The van der Waals surface area contributed by atoms with Crippen LogP contribution >= 0.6 is 11.8 Å². The van der Waals surface area contributed by atoms with Gasteiger partial charge in [-0.25, -0.2) is 4.98 Å². The van der Waals surface area contributed by atoms with Crippen LogP contribution in [0.3, 0.4) is 0 Å². The first-order valence-corrected chi connectivity index (χ1v) is 9.63. The van der Waals surface area contributed by atoms with Crippen molar-refractivity contribution in [3.8, 4) is 11.6 Å². The third-order valence-corrected chi connectivity index (χ3v) is 5.08. The Bertz CT molecular complexity index is 1020. The summed E-state index contributed by atoms with van der Waals surface area (Å²) in [7, 11) is 0. The Morgan fingerprint density at radius 1 is 1.19 bits per heavy atom. The molecule has 0 unspecified atom stereocenters. The molecule has 0 aliphatic heterocycles. The van der Waals surface area contributed by atoms with Crippen molar-refractivity contribution in [3.05, 3.63) is 54.2 Å². The second-order valence-electron chi connectivity index (χ2n) is 6.73. The number of furan rings is 1. The predicted octanol–water partition coefficient (Wildman–Crippen LogP) is 4.44. The summed E-state index contributed by atoms with van der Waals surface area (Å²) in [6, 6.07) is 7.90. The zero-order chi connectivity index (χ0) is 18.1. The highest BCUT2D eigenvalue weighted by Crippen LogP contribution is 2.27. The molecule has 0 aliphatic carbocycles. The quantitative estimate of drug-likeness (QED) is 0.471. The van der Waals surface area contributed by atoms with Crippen molar-refractivity contribution in [2.45, 2.75) is 38.2 Å². The molecule has 134 valence electrons. The third-order valence-electron chi connectivity index (χ3n) is 4.08. The van der Waals surface area contributed by atoms with Gasteiger partial charge in [0.1, 0.15) is 5.65 Å². The van der Waals surface area contributed by atoms with E-state index in [1.807, 2.05) is 24.4 Å². The molecule has 0 fully saturated rings. The molecule has 0 radical (unpaired) electrons. The lowest BCUT2D eigenvalue weighted by molar-refractivity contribution is 0.489. The van der Waals surface area contributed by atoms with E-state index in [4.69, 9.17) is 9.40 Å². The molecule has 0 bridgehead atoms. The Hall–Kier alpha value is -2.54. The molecule has 4 rings (SSSR count). The Balaban J connectivity index is 1.60. The highest BCUT2D eigenvalue weighted by molar-refractivity contribution is 7.98. The van der Waals surface area contributed by atoms with E-state index in [0.717, 1.165) is 40.4 Å². The fourth-order valence-corrected chi connectivity index (χ4v) is 3.76. The molecule has 4 heterocycles. The predicted molar refractivity (Wildman–Crippen MR) is 102 cm³/mol. The van der Waals surface area contributed by atoms with Crippen LogP contribution < -0.4 is 0 Å². The van der Waals surface area contributed by atoms with E-state index >= 15 is 0 Å². The number of imidazole rings is 1. The van der Waals surface area contributed by atoms with E-state index in [0.29, 0.717) is 5.92 Å². The van der Waals surface area contributed by atoms with Gasteiger partial charge in [0.05, 0.1) is 12.0 Å². The van der Waals surface area contributed by atoms with Gasteiger partial charge in [-0.1, -0.05) is 31.7 Å². The molecule has 6 nitrogen and oxygen atoms in total. The SMILES string of the molecule is Cc1cccn2cc(CSc3nnc(-c4ccco4)n3CC(C)C)nc12. The minimum Gasteiger partial charge on any atom is -0.461 e. The average molecular weight is 367 g/mol. The number of nitrogens with zero attached hydrogens (tertiary/aromatic N) is 5. The van der Waals surface area contributed by atoms with Crippen LogP contribution in [0.2, 0.25) is 0 Å². The third kappa shape index (κ3) is 3.26. The van der Waals surface area contributed by atoms with E-state index < -0.39 is 0 Å². The highest BCUT2D eigenvalue weighted by Gasteiger charge is 2.17. The number of aromatic nitrogens is 5. The number of aryl methyl sites for hydroxylation is 1. The summed E-state index contributed by atoms with van der Waals surface area (Å²) in [5, 5.41) is 9.63. The summed E-state index contributed by atoms with van der Waals surface area (Å²) < 4.78 is 9.72. The normalized spacial score (nSPS) is 11.7. The fraction of sp³-hybridized carbons (Fsp3) is 0.316. The maximum Gasteiger partial charge on any atom is 0.200 e. The summed E-state index contributed by atoms with van der Waals surface area (Å²) in [4.78, 5) is 4.74. The minimum absolute atomic E-state index is 0.483. The van der Waals surface area contributed by atoms with Crippen LogP contribution in [0.5, 0.6) is 0 Å². The Morgan fingerprint density at radius 2 is 2.08 bits per heavy atom. The number of fused-ring (bicyclic) bond motifs is 1. The molecule has 0 N–H and O–H groups in total. The molecule has 0 aromatic carbocycles. The lowest BCUT2D eigenvalue weighted by Crippen LogP contribution is -2.07. The van der Waals surface area contributed by atoms with Gasteiger partial charge >= 0.3 is 0 Å². The summed E-state index contributed by atoms with van der Waals surface area (Å²) in [6.07, 6.45) is 5.77. The minimum atomic E-state index is 0.483. The zero-order valence-electron chi connectivity index (χ0n) is 15.1. The molecular weight excluding hydrogens is 346 g/mol. The van der Waals surface area contributed by atoms with Gasteiger partial charge in [0.25, 0.3) is 0 Å². The molecule has 0 amide bonds. The van der Waals surface area contributed by atoms with Crippen LogP contribution in [-0.4, -0.2) is 24.1 Å². The number of thioether (sulfide) groups is 1. The molecule has 0 atom stereocenters. The van der Waals surface area contributed by atoms with Crippen molar-refractivity contribution < 1.29 is 4.42 Å². The van der Waals surface area contributed by atoms with Crippen LogP contribution in [0.1, 0.15) is 25.1 Å². The zero-order valence-corrected chi connectivity index (χ0v) is 15.9. The Labute approximate surface area is 156 Å². The number of hydrogen-bond donors (Lipinski definition) is 0. The number of hydrogen-bond acceptors (Lipinski definition) is 5. The largest absolute Gasteiger partial charge is 0.461 e. The summed E-state index contributed by atoms with van der Waals surface area (Å²) >= 11 is 1.65. The monoisotopic (exact) mass is 367 g/mol.